The zero-order chi connectivity index (χ0) is 84.4. The van der Waals surface area contributed by atoms with Gasteiger partial charge in [-0.25, -0.2) is 29.9 Å². The molecule has 0 amide bonds. The summed E-state index contributed by atoms with van der Waals surface area (Å²) in [5, 5.41) is 28.4. The van der Waals surface area contributed by atoms with Gasteiger partial charge in [-0.05, 0) is 200 Å². The van der Waals surface area contributed by atoms with E-state index >= 15 is 0 Å². The lowest BCUT2D eigenvalue weighted by Crippen LogP contribution is -2.15. The molecule has 0 N–H and O–H groups in total. The van der Waals surface area contributed by atoms with Crippen LogP contribution in [0.15, 0.2) is 407 Å². The average molecular weight is 1630 g/mol. The van der Waals surface area contributed by atoms with Crippen molar-refractivity contribution in [1.82, 2.24) is 53.6 Å². The second-order valence-electron chi connectivity index (χ2n) is 34.1. The Kier molecular flexibility index (Phi) is 16.2. The highest BCUT2D eigenvalue weighted by Gasteiger charge is 2.36. The number of aromatic nitrogens is 11. The van der Waals surface area contributed by atoms with Crippen molar-refractivity contribution >= 4 is 185 Å². The lowest BCUT2D eigenvalue weighted by atomic mass is 9.82. The van der Waals surface area contributed by atoms with E-state index in [4.69, 9.17) is 39.9 Å². The fraction of sp³-hybridized carbons (Fsp3) is 0.0256. The molecule has 0 bridgehead atoms. The lowest BCUT2D eigenvalue weighted by molar-refractivity contribution is 0.660. The molecule has 8 aromatic heterocycles. The molecule has 0 saturated heterocycles. The minimum Gasteiger partial charge on any atom is -0.278 e. The first-order chi connectivity index (χ1) is 63.2. The van der Waals surface area contributed by atoms with Crippen molar-refractivity contribution in [2.24, 2.45) is 0 Å². The number of fused-ring (bicyclic) bond motifs is 26. The molecule has 596 valence electrons. The summed E-state index contributed by atoms with van der Waals surface area (Å²) in [6, 6.07) is 140. The summed E-state index contributed by atoms with van der Waals surface area (Å²) in [6.07, 6.45) is 3.62. The number of nitrogens with zero attached hydrogens (tertiary/aromatic N) is 11. The summed E-state index contributed by atoms with van der Waals surface area (Å²) < 4.78 is 6.73. The Labute approximate surface area is 733 Å². The average Bonchev–Trinajstić information content (AvgIpc) is 1.58. The highest BCUT2D eigenvalue weighted by Crippen LogP contribution is 2.51. The van der Waals surface area contributed by atoms with Crippen LogP contribution in [0.25, 0.3) is 247 Å². The number of benzene rings is 19. The Balaban J connectivity index is 0.000000102. The van der Waals surface area contributed by atoms with Crippen molar-refractivity contribution in [3.63, 3.8) is 0 Å². The Hall–Kier alpha value is -17.0. The Morgan fingerprint density at radius 1 is 0.219 bits per heavy atom. The van der Waals surface area contributed by atoms with Gasteiger partial charge in [0.05, 0.1) is 55.5 Å². The SMILES string of the molecule is CC1(C)c2ccccc2-c2ccc(-c3nc(-n4c5cc6ccccc6cc5c5c6ccccc6ccc54)nc4ccccc34)cc21.c1ccc2cc(-c3nc(-n4c5cc6ccccc6cc5c5c6ccccc6ccc54)nc4ncccc34)ccc2c1.c1ccc2cc(-c3nc(-n4c5cc6ccccc6cc5c5ccc6ccccc6c54)nc4cccnc34)ccc2c1. The van der Waals surface area contributed by atoms with Crippen LogP contribution in [0, 0.1) is 0 Å². The van der Waals surface area contributed by atoms with Gasteiger partial charge in [0, 0.05) is 83.0 Å². The second-order valence-corrected chi connectivity index (χ2v) is 34.1. The fourth-order valence-corrected chi connectivity index (χ4v) is 20.5. The van der Waals surface area contributed by atoms with E-state index in [0.717, 1.165) is 94.2 Å². The van der Waals surface area contributed by atoms with Crippen LogP contribution in [0.4, 0.5) is 0 Å². The van der Waals surface area contributed by atoms with Crippen molar-refractivity contribution < 1.29 is 0 Å². The van der Waals surface area contributed by atoms with Gasteiger partial charge in [-0.2, -0.15) is 4.98 Å². The van der Waals surface area contributed by atoms with Crippen LogP contribution >= 0.6 is 0 Å². The highest BCUT2D eigenvalue weighted by molar-refractivity contribution is 6.26. The normalized spacial score (nSPS) is 12.5. The van der Waals surface area contributed by atoms with Crippen LogP contribution < -0.4 is 0 Å². The van der Waals surface area contributed by atoms with Gasteiger partial charge >= 0.3 is 0 Å². The van der Waals surface area contributed by atoms with Gasteiger partial charge in [0.2, 0.25) is 17.8 Å². The van der Waals surface area contributed by atoms with E-state index in [2.05, 4.69) is 404 Å². The van der Waals surface area contributed by atoms with Gasteiger partial charge in [0.1, 0.15) is 11.2 Å². The molecule has 0 saturated carbocycles. The van der Waals surface area contributed by atoms with Crippen LogP contribution in [-0.2, 0) is 5.41 Å². The van der Waals surface area contributed by atoms with Gasteiger partial charge in [-0.1, -0.05) is 311 Å². The molecule has 27 aromatic rings. The summed E-state index contributed by atoms with van der Waals surface area (Å²) in [5.41, 5.74) is 20.9. The predicted molar refractivity (Wildman–Crippen MR) is 531 cm³/mol. The first kappa shape index (κ1) is 72.6. The fourth-order valence-electron chi connectivity index (χ4n) is 20.5. The summed E-state index contributed by atoms with van der Waals surface area (Å²) in [7, 11) is 0. The topological polar surface area (TPSA) is 118 Å². The maximum absolute atomic E-state index is 5.45. The van der Waals surface area contributed by atoms with Crippen LogP contribution in [-0.4, -0.2) is 53.6 Å². The Morgan fingerprint density at radius 2 is 0.609 bits per heavy atom. The molecular weight excluding hydrogens is 1560 g/mol. The van der Waals surface area contributed by atoms with Crippen molar-refractivity contribution in [2.45, 2.75) is 19.3 Å². The first-order valence-corrected chi connectivity index (χ1v) is 43.5. The summed E-state index contributed by atoms with van der Waals surface area (Å²) >= 11 is 0. The van der Waals surface area contributed by atoms with Crippen molar-refractivity contribution in [3.8, 4) is 62.7 Å². The molecular formula is C117H73N11. The van der Waals surface area contributed by atoms with E-state index in [1.807, 2.05) is 24.4 Å². The molecule has 1 aliphatic carbocycles. The van der Waals surface area contributed by atoms with Gasteiger partial charge in [0.25, 0.3) is 0 Å². The highest BCUT2D eigenvalue weighted by atomic mass is 15.2. The number of rotatable bonds is 6. The maximum Gasteiger partial charge on any atom is 0.237 e. The minimum atomic E-state index is -0.0947. The van der Waals surface area contributed by atoms with E-state index in [-0.39, 0.29) is 5.41 Å². The third-order valence-corrected chi connectivity index (χ3v) is 26.6. The molecule has 28 rings (SSSR count). The third-order valence-electron chi connectivity index (χ3n) is 26.6. The monoisotopic (exact) mass is 1630 g/mol. The number of para-hydroxylation sites is 1. The van der Waals surface area contributed by atoms with Gasteiger partial charge in [-0.15, -0.1) is 0 Å². The molecule has 0 atom stereocenters. The number of hydrogen-bond donors (Lipinski definition) is 0. The summed E-state index contributed by atoms with van der Waals surface area (Å²) in [5.74, 6) is 1.94. The molecule has 0 spiro atoms. The Bertz CT molecular complexity index is 9400. The van der Waals surface area contributed by atoms with E-state index < -0.39 is 0 Å². The van der Waals surface area contributed by atoms with Crippen molar-refractivity contribution in [3.05, 3.63) is 418 Å². The van der Waals surface area contributed by atoms with E-state index in [1.165, 1.54) is 141 Å². The zero-order valence-electron chi connectivity index (χ0n) is 69.6. The molecule has 0 fully saturated rings. The van der Waals surface area contributed by atoms with Crippen molar-refractivity contribution in [2.75, 3.05) is 0 Å². The van der Waals surface area contributed by atoms with E-state index in [0.29, 0.717) is 23.5 Å². The lowest BCUT2D eigenvalue weighted by Gasteiger charge is -2.22. The summed E-state index contributed by atoms with van der Waals surface area (Å²) in [4.78, 5) is 40.9. The smallest absolute Gasteiger partial charge is 0.237 e. The molecule has 128 heavy (non-hydrogen) atoms. The van der Waals surface area contributed by atoms with Gasteiger partial charge in [0.15, 0.2) is 5.65 Å². The largest absolute Gasteiger partial charge is 0.278 e. The van der Waals surface area contributed by atoms with Gasteiger partial charge < -0.3 is 0 Å². The predicted octanol–water partition coefficient (Wildman–Crippen LogP) is 29.5. The molecule has 0 radical (unpaired) electrons. The molecule has 11 nitrogen and oxygen atoms in total. The van der Waals surface area contributed by atoms with Crippen molar-refractivity contribution in [1.29, 1.82) is 0 Å². The second kappa shape index (κ2) is 28.5. The van der Waals surface area contributed by atoms with Crippen LogP contribution in [0.5, 0.6) is 0 Å². The molecule has 0 aliphatic heterocycles. The van der Waals surface area contributed by atoms with Crippen LogP contribution in [0.3, 0.4) is 0 Å². The standard InChI is InChI=1S/C43H29N3.2C37H22N4/c1-43(2)35-17-9-7-15-31(35)32-21-19-29(24-36(32)43)41-33-16-8-10-18-37(33)44-42(45-41)46-38-22-20-26-11-5-6-14-30(26)40(38)34-23-27-12-3-4-13-28(27)25-39(34)46;1-2-10-25-20-28(16-15-23(25)8-1)34-35-32(14-7-19-38-35)39-37(40-34)41-33-22-27-12-4-3-11-26(27)21-31(33)30-18-17-24-9-5-6-13-29(24)36(30)41;1-2-10-25-20-28(16-15-23(25)8-1)35-30-14-7-19-38-36(30)40-37(39-35)41-32-18-17-24-9-5-6-13-29(24)34(32)31-21-26-11-3-4-12-27(26)22-33(31)41/h3-25H,1-2H3;2*1-22H. The van der Waals surface area contributed by atoms with E-state index in [9.17, 15) is 0 Å². The van der Waals surface area contributed by atoms with Gasteiger partial charge in [-0.3, -0.25) is 18.7 Å². The van der Waals surface area contributed by atoms with Crippen LogP contribution in [0.1, 0.15) is 25.0 Å². The number of pyridine rings is 2. The quantitative estimate of drug-likeness (QED) is 0.162. The van der Waals surface area contributed by atoms with Crippen LogP contribution in [0.2, 0.25) is 0 Å². The molecule has 0 unspecified atom stereocenters. The third kappa shape index (κ3) is 11.5. The minimum absolute atomic E-state index is 0.0947. The molecule has 1 aliphatic rings. The molecule has 11 heteroatoms. The number of hydrogen-bond acceptors (Lipinski definition) is 8. The summed E-state index contributed by atoms with van der Waals surface area (Å²) in [6.45, 7) is 4.66. The Morgan fingerprint density at radius 3 is 1.22 bits per heavy atom. The molecule has 19 aromatic carbocycles. The van der Waals surface area contributed by atoms with E-state index in [1.54, 1.807) is 6.20 Å². The first-order valence-electron chi connectivity index (χ1n) is 43.5. The zero-order valence-corrected chi connectivity index (χ0v) is 69.6. The molecule has 8 heterocycles. The maximum atomic E-state index is 5.45.